The van der Waals surface area contributed by atoms with Gasteiger partial charge in [0.05, 0.1) is 24.7 Å². The molecule has 0 radical (unpaired) electrons. The predicted molar refractivity (Wildman–Crippen MR) is 104 cm³/mol. The molecule has 0 aliphatic carbocycles. The number of carbonyl (C=O) groups is 1. The number of halogens is 2. The zero-order valence-electron chi connectivity index (χ0n) is 17.0. The van der Waals surface area contributed by atoms with Crippen molar-refractivity contribution in [3.05, 3.63) is 35.3 Å². The molecule has 0 saturated heterocycles. The van der Waals surface area contributed by atoms with E-state index in [9.17, 15) is 13.6 Å². The number of pyridine rings is 1. The summed E-state index contributed by atoms with van der Waals surface area (Å²) in [4.78, 5) is 16.8. The Balaban J connectivity index is 1.93. The molecule has 1 amide bonds. The van der Waals surface area contributed by atoms with E-state index in [1.54, 1.807) is 6.07 Å². The van der Waals surface area contributed by atoms with Gasteiger partial charge >= 0.3 is 0 Å². The summed E-state index contributed by atoms with van der Waals surface area (Å²) in [7, 11) is 1.49. The minimum absolute atomic E-state index is 0.153. The summed E-state index contributed by atoms with van der Waals surface area (Å²) in [6.07, 6.45) is -2.34. The fraction of sp³-hybridized carbons (Fsp3) is 0.450. The number of rotatable bonds is 6. The molecule has 0 fully saturated rings. The fourth-order valence-electron chi connectivity index (χ4n) is 3.06. The van der Waals surface area contributed by atoms with Crippen LogP contribution < -0.4 is 10.1 Å². The van der Waals surface area contributed by atoms with E-state index < -0.39 is 12.1 Å². The van der Waals surface area contributed by atoms with Gasteiger partial charge in [-0.15, -0.1) is 0 Å². The summed E-state index contributed by atoms with van der Waals surface area (Å²) in [5.74, 6) is 0.901. The van der Waals surface area contributed by atoms with Crippen LogP contribution in [-0.2, 0) is 11.3 Å². The largest absolute Gasteiger partial charge is 0.493 e. The van der Waals surface area contributed by atoms with Gasteiger partial charge in [0.2, 0.25) is 5.91 Å². The summed E-state index contributed by atoms with van der Waals surface area (Å²) in [5.41, 5.74) is 1.66. The smallest absolute Gasteiger partial charge is 0.283 e. The average molecular weight is 406 g/mol. The summed E-state index contributed by atoms with van der Waals surface area (Å²) in [5, 5.41) is 6.20. The predicted octanol–water partition coefficient (Wildman–Crippen LogP) is 4.70. The molecule has 29 heavy (non-hydrogen) atoms. The third-order valence-electron chi connectivity index (χ3n) is 4.34. The van der Waals surface area contributed by atoms with Gasteiger partial charge in [-0.2, -0.15) is 0 Å². The van der Waals surface area contributed by atoms with E-state index in [1.807, 2.05) is 38.3 Å². The Labute approximate surface area is 167 Å². The van der Waals surface area contributed by atoms with E-state index in [0.717, 1.165) is 11.2 Å². The van der Waals surface area contributed by atoms with E-state index in [1.165, 1.54) is 13.2 Å². The zero-order valence-corrected chi connectivity index (χ0v) is 17.0. The van der Waals surface area contributed by atoms with Crippen LogP contribution in [0.25, 0.3) is 11.0 Å². The second-order valence-corrected chi connectivity index (χ2v) is 8.12. The molecule has 7 nitrogen and oxygen atoms in total. The van der Waals surface area contributed by atoms with Crippen molar-refractivity contribution >= 4 is 22.8 Å². The van der Waals surface area contributed by atoms with Gasteiger partial charge in [-0.1, -0.05) is 25.9 Å². The van der Waals surface area contributed by atoms with Crippen LogP contribution in [0, 0.1) is 12.3 Å². The maximum Gasteiger partial charge on any atom is 0.283 e. The first kappa shape index (κ1) is 20.8. The van der Waals surface area contributed by atoms with Gasteiger partial charge in [0.25, 0.3) is 6.43 Å². The topological polar surface area (TPSA) is 82.2 Å². The first-order chi connectivity index (χ1) is 13.6. The molecule has 3 heterocycles. The molecule has 0 aliphatic heterocycles. The molecule has 3 aromatic rings. The quantitative estimate of drug-likeness (QED) is 0.642. The number of methoxy groups -OCH3 is 1. The number of aromatic nitrogens is 3. The maximum atomic E-state index is 12.8. The SMILES string of the molecule is COc1cc2c(cc(C)n2Cc2cc(C(F)F)no2)nc1NC(=O)CC(C)(C)C. The average Bonchev–Trinajstić information content (AvgIpc) is 3.18. The Morgan fingerprint density at radius 3 is 2.62 bits per heavy atom. The van der Waals surface area contributed by atoms with Gasteiger partial charge in [-0.25, -0.2) is 13.8 Å². The number of anilines is 1. The zero-order chi connectivity index (χ0) is 21.3. The number of ether oxygens (including phenoxy) is 1. The highest BCUT2D eigenvalue weighted by Crippen LogP contribution is 2.31. The van der Waals surface area contributed by atoms with Crippen molar-refractivity contribution in [2.24, 2.45) is 5.41 Å². The Bertz CT molecular complexity index is 1030. The minimum atomic E-state index is -2.68. The second-order valence-electron chi connectivity index (χ2n) is 8.12. The lowest BCUT2D eigenvalue weighted by atomic mass is 9.92. The molecular formula is C20H24F2N4O3. The number of alkyl halides is 2. The number of fused-ring (bicyclic) bond motifs is 1. The van der Waals surface area contributed by atoms with E-state index >= 15 is 0 Å². The Morgan fingerprint density at radius 1 is 1.31 bits per heavy atom. The lowest BCUT2D eigenvalue weighted by molar-refractivity contribution is -0.117. The summed E-state index contributed by atoms with van der Waals surface area (Å²) >= 11 is 0. The van der Waals surface area contributed by atoms with Gasteiger partial charge < -0.3 is 19.1 Å². The van der Waals surface area contributed by atoms with Crippen LogP contribution in [-0.4, -0.2) is 27.7 Å². The number of hydrogen-bond donors (Lipinski definition) is 1. The van der Waals surface area contributed by atoms with E-state index in [0.29, 0.717) is 29.3 Å². The molecule has 0 aliphatic rings. The number of carbonyl (C=O) groups excluding carboxylic acids is 1. The molecule has 9 heteroatoms. The molecule has 0 atom stereocenters. The summed E-state index contributed by atoms with van der Waals surface area (Å²) < 4.78 is 37.8. The van der Waals surface area contributed by atoms with Gasteiger partial charge in [-0.05, 0) is 18.4 Å². The van der Waals surface area contributed by atoms with Crippen molar-refractivity contribution < 1.29 is 22.8 Å². The molecule has 0 aromatic carbocycles. The molecule has 0 bridgehead atoms. The molecule has 0 spiro atoms. The van der Waals surface area contributed by atoms with Crippen molar-refractivity contribution in [2.45, 2.75) is 47.1 Å². The third kappa shape index (κ3) is 4.72. The molecular weight excluding hydrogens is 382 g/mol. The van der Waals surface area contributed by atoms with Gasteiger partial charge in [-0.3, -0.25) is 4.79 Å². The van der Waals surface area contributed by atoms with Crippen LogP contribution in [0.15, 0.2) is 22.7 Å². The second kappa shape index (κ2) is 7.81. The number of hydrogen-bond acceptors (Lipinski definition) is 5. The van der Waals surface area contributed by atoms with Crippen LogP contribution in [0.5, 0.6) is 5.75 Å². The number of aryl methyl sites for hydroxylation is 1. The van der Waals surface area contributed by atoms with Crippen molar-refractivity contribution in [2.75, 3.05) is 12.4 Å². The standard InChI is InChI=1S/C20H24F2N4O3/c1-11-6-13-15(26(11)10-12-7-14(18(21)22)25-29-12)8-16(28-5)19(23-13)24-17(27)9-20(2,3)4/h6-8,18H,9-10H2,1-5H3,(H,23,24,27). The first-order valence-electron chi connectivity index (χ1n) is 9.16. The molecule has 3 rings (SSSR count). The highest BCUT2D eigenvalue weighted by Gasteiger charge is 2.20. The van der Waals surface area contributed by atoms with Crippen molar-refractivity contribution in [1.82, 2.24) is 14.7 Å². The highest BCUT2D eigenvalue weighted by atomic mass is 19.3. The molecule has 0 unspecified atom stereocenters. The van der Waals surface area contributed by atoms with E-state index in [-0.39, 0.29) is 17.9 Å². The number of nitrogens with one attached hydrogen (secondary N) is 1. The van der Waals surface area contributed by atoms with Crippen LogP contribution >= 0.6 is 0 Å². The Kier molecular flexibility index (Phi) is 5.59. The molecule has 1 N–H and O–H groups in total. The normalized spacial score (nSPS) is 12.0. The monoisotopic (exact) mass is 406 g/mol. The van der Waals surface area contributed by atoms with E-state index in [4.69, 9.17) is 9.26 Å². The van der Waals surface area contributed by atoms with Crippen LogP contribution in [0.1, 0.15) is 50.8 Å². The van der Waals surface area contributed by atoms with Crippen molar-refractivity contribution in [1.29, 1.82) is 0 Å². The Hall–Kier alpha value is -2.97. The summed E-state index contributed by atoms with van der Waals surface area (Å²) in [6.45, 7) is 8.03. The number of amides is 1. The fourth-order valence-corrected chi connectivity index (χ4v) is 3.06. The minimum Gasteiger partial charge on any atom is -0.493 e. The van der Waals surface area contributed by atoms with Crippen LogP contribution in [0.4, 0.5) is 14.6 Å². The first-order valence-corrected chi connectivity index (χ1v) is 9.16. The molecule has 0 saturated carbocycles. The van der Waals surface area contributed by atoms with Gasteiger partial charge in [0.1, 0.15) is 5.69 Å². The lowest BCUT2D eigenvalue weighted by Crippen LogP contribution is -2.20. The van der Waals surface area contributed by atoms with Crippen LogP contribution in [0.3, 0.4) is 0 Å². The van der Waals surface area contributed by atoms with Crippen molar-refractivity contribution in [3.8, 4) is 5.75 Å². The lowest BCUT2D eigenvalue weighted by Gasteiger charge is -2.18. The molecule has 3 aromatic heterocycles. The summed E-state index contributed by atoms with van der Waals surface area (Å²) in [6, 6.07) is 4.84. The van der Waals surface area contributed by atoms with Crippen molar-refractivity contribution in [3.63, 3.8) is 0 Å². The van der Waals surface area contributed by atoms with Gasteiger partial charge in [0, 0.05) is 24.2 Å². The maximum absolute atomic E-state index is 12.8. The number of nitrogens with zero attached hydrogens (tertiary/aromatic N) is 3. The molecule has 156 valence electrons. The Morgan fingerprint density at radius 2 is 2.03 bits per heavy atom. The van der Waals surface area contributed by atoms with E-state index in [2.05, 4.69) is 15.5 Å². The highest BCUT2D eigenvalue weighted by molar-refractivity contribution is 5.93. The third-order valence-corrected chi connectivity index (χ3v) is 4.34. The van der Waals surface area contributed by atoms with Gasteiger partial charge in [0.15, 0.2) is 17.3 Å². The van der Waals surface area contributed by atoms with Crippen LogP contribution in [0.2, 0.25) is 0 Å².